The van der Waals surface area contributed by atoms with Gasteiger partial charge in [0.25, 0.3) is 0 Å². The maximum Gasteiger partial charge on any atom is 0.121 e. The van der Waals surface area contributed by atoms with Crippen molar-refractivity contribution in [2.45, 2.75) is 17.9 Å². The fourth-order valence-corrected chi connectivity index (χ4v) is 2.06. The molecule has 1 atom stereocenters. The number of hydrogen-bond donors (Lipinski definition) is 0. The highest BCUT2D eigenvalue weighted by molar-refractivity contribution is 7.98. The van der Waals surface area contributed by atoms with Crippen LogP contribution in [0, 0.1) is 0 Å². The summed E-state index contributed by atoms with van der Waals surface area (Å²) >= 11 is 1.74. The van der Waals surface area contributed by atoms with Gasteiger partial charge in [-0.1, -0.05) is 30.3 Å². The molecule has 0 amide bonds. The highest BCUT2D eigenvalue weighted by Gasteiger charge is 2.06. The zero-order valence-corrected chi connectivity index (χ0v) is 10.9. The molecule has 0 fully saturated rings. The minimum Gasteiger partial charge on any atom is -0.486 e. The zero-order valence-electron chi connectivity index (χ0n) is 10.1. The lowest BCUT2D eigenvalue weighted by atomic mass is 10.1. The van der Waals surface area contributed by atoms with Crippen LogP contribution < -0.4 is 4.74 Å². The average molecular weight is 244 g/mol. The first-order valence-corrected chi connectivity index (χ1v) is 6.88. The Balaban J connectivity index is 2.05. The molecular weight excluding hydrogens is 228 g/mol. The van der Waals surface area contributed by atoms with Crippen LogP contribution in [0.25, 0.3) is 0 Å². The molecule has 17 heavy (non-hydrogen) atoms. The summed E-state index contributed by atoms with van der Waals surface area (Å²) in [6.07, 6.45) is 2.15. The van der Waals surface area contributed by atoms with E-state index in [-0.39, 0.29) is 6.10 Å². The summed E-state index contributed by atoms with van der Waals surface area (Å²) in [4.78, 5) is 1.25. The van der Waals surface area contributed by atoms with Crippen LogP contribution in [0.2, 0.25) is 0 Å². The van der Waals surface area contributed by atoms with Crippen molar-refractivity contribution in [1.29, 1.82) is 0 Å². The van der Waals surface area contributed by atoms with Crippen molar-refractivity contribution in [3.8, 4) is 5.75 Å². The molecule has 1 unspecified atom stereocenters. The largest absolute Gasteiger partial charge is 0.486 e. The number of thioether (sulfide) groups is 1. The Labute approximate surface area is 107 Å². The SMILES string of the molecule is CSc1ccc(OC(C)c2ccccc2)cc1. The molecule has 0 aliphatic heterocycles. The molecule has 0 aliphatic rings. The van der Waals surface area contributed by atoms with Crippen molar-refractivity contribution in [3.05, 3.63) is 60.2 Å². The normalized spacial score (nSPS) is 12.1. The summed E-state index contributed by atoms with van der Waals surface area (Å²) in [5, 5.41) is 0. The summed E-state index contributed by atoms with van der Waals surface area (Å²) in [6, 6.07) is 18.5. The Morgan fingerprint density at radius 1 is 0.941 bits per heavy atom. The molecule has 2 heteroatoms. The summed E-state index contributed by atoms with van der Waals surface area (Å²) in [7, 11) is 0. The topological polar surface area (TPSA) is 9.23 Å². The molecule has 0 aliphatic carbocycles. The highest BCUT2D eigenvalue weighted by Crippen LogP contribution is 2.24. The summed E-state index contributed by atoms with van der Waals surface area (Å²) in [6.45, 7) is 2.07. The Morgan fingerprint density at radius 2 is 1.59 bits per heavy atom. The fourth-order valence-electron chi connectivity index (χ4n) is 1.65. The number of benzene rings is 2. The van der Waals surface area contributed by atoms with Gasteiger partial charge in [-0.15, -0.1) is 11.8 Å². The van der Waals surface area contributed by atoms with Gasteiger partial charge in [0.2, 0.25) is 0 Å². The minimum absolute atomic E-state index is 0.0799. The van der Waals surface area contributed by atoms with Crippen molar-refractivity contribution in [2.75, 3.05) is 6.26 Å². The van der Waals surface area contributed by atoms with E-state index in [9.17, 15) is 0 Å². The van der Waals surface area contributed by atoms with Crippen LogP contribution in [0.3, 0.4) is 0 Å². The molecule has 0 heterocycles. The van der Waals surface area contributed by atoms with Crippen molar-refractivity contribution in [1.82, 2.24) is 0 Å². The molecule has 0 saturated heterocycles. The highest BCUT2D eigenvalue weighted by atomic mass is 32.2. The van der Waals surface area contributed by atoms with Gasteiger partial charge in [-0.05, 0) is 43.0 Å². The van der Waals surface area contributed by atoms with Crippen LogP contribution in [0.1, 0.15) is 18.6 Å². The van der Waals surface area contributed by atoms with Gasteiger partial charge >= 0.3 is 0 Å². The monoisotopic (exact) mass is 244 g/mol. The molecule has 2 aromatic rings. The van der Waals surface area contributed by atoms with Gasteiger partial charge in [0.1, 0.15) is 11.9 Å². The van der Waals surface area contributed by atoms with Crippen LogP contribution in [-0.2, 0) is 0 Å². The third kappa shape index (κ3) is 3.27. The Bertz CT molecular complexity index is 450. The van der Waals surface area contributed by atoms with Crippen LogP contribution in [0.4, 0.5) is 0 Å². The van der Waals surface area contributed by atoms with Crippen molar-refractivity contribution in [2.24, 2.45) is 0 Å². The van der Waals surface area contributed by atoms with E-state index in [1.165, 1.54) is 10.5 Å². The fraction of sp³-hybridized carbons (Fsp3) is 0.200. The van der Waals surface area contributed by atoms with Crippen LogP contribution in [0.15, 0.2) is 59.5 Å². The van der Waals surface area contributed by atoms with E-state index < -0.39 is 0 Å². The lowest BCUT2D eigenvalue weighted by molar-refractivity contribution is 0.227. The number of rotatable bonds is 4. The Kier molecular flexibility index (Phi) is 4.10. The van der Waals surface area contributed by atoms with Gasteiger partial charge in [-0.3, -0.25) is 0 Å². The predicted octanol–water partition coefficient (Wildman–Crippen LogP) is 4.55. The average Bonchev–Trinajstić information content (AvgIpc) is 2.40. The summed E-state index contributed by atoms with van der Waals surface area (Å²) in [5.74, 6) is 0.916. The molecular formula is C15H16OS. The van der Waals surface area contributed by atoms with Gasteiger partial charge in [0.15, 0.2) is 0 Å². The van der Waals surface area contributed by atoms with Gasteiger partial charge in [-0.25, -0.2) is 0 Å². The molecule has 0 spiro atoms. The molecule has 2 rings (SSSR count). The Hall–Kier alpha value is -1.41. The van der Waals surface area contributed by atoms with Crippen LogP contribution in [-0.4, -0.2) is 6.26 Å². The summed E-state index contributed by atoms with van der Waals surface area (Å²) < 4.78 is 5.89. The van der Waals surface area contributed by atoms with E-state index in [0.29, 0.717) is 0 Å². The van der Waals surface area contributed by atoms with Gasteiger partial charge in [0, 0.05) is 4.90 Å². The number of hydrogen-bond acceptors (Lipinski definition) is 2. The third-order valence-corrected chi connectivity index (χ3v) is 3.38. The second kappa shape index (κ2) is 5.78. The third-order valence-electron chi connectivity index (χ3n) is 2.64. The lowest BCUT2D eigenvalue weighted by Crippen LogP contribution is -2.02. The second-order valence-corrected chi connectivity index (χ2v) is 4.73. The summed E-state index contributed by atoms with van der Waals surface area (Å²) in [5.41, 5.74) is 1.20. The maximum atomic E-state index is 5.89. The molecule has 0 bridgehead atoms. The molecule has 0 saturated carbocycles. The van der Waals surface area contributed by atoms with E-state index in [0.717, 1.165) is 5.75 Å². The molecule has 88 valence electrons. The van der Waals surface area contributed by atoms with E-state index in [1.807, 2.05) is 30.3 Å². The first-order chi connectivity index (χ1) is 8.29. The lowest BCUT2D eigenvalue weighted by Gasteiger charge is -2.15. The van der Waals surface area contributed by atoms with Crippen molar-refractivity contribution >= 4 is 11.8 Å². The molecule has 1 nitrogen and oxygen atoms in total. The quantitative estimate of drug-likeness (QED) is 0.730. The van der Waals surface area contributed by atoms with E-state index in [1.54, 1.807) is 11.8 Å². The predicted molar refractivity (Wildman–Crippen MR) is 73.7 cm³/mol. The number of ether oxygens (including phenoxy) is 1. The van der Waals surface area contributed by atoms with Crippen LogP contribution >= 0.6 is 11.8 Å². The second-order valence-electron chi connectivity index (χ2n) is 3.85. The van der Waals surface area contributed by atoms with Gasteiger partial charge in [0.05, 0.1) is 0 Å². The maximum absolute atomic E-state index is 5.89. The first kappa shape index (κ1) is 12.1. The first-order valence-electron chi connectivity index (χ1n) is 5.65. The Morgan fingerprint density at radius 3 is 2.18 bits per heavy atom. The van der Waals surface area contributed by atoms with E-state index in [2.05, 4.69) is 37.4 Å². The smallest absolute Gasteiger partial charge is 0.121 e. The molecule has 2 aromatic carbocycles. The standard InChI is InChI=1S/C15H16OS/c1-12(13-6-4-3-5-7-13)16-14-8-10-15(17-2)11-9-14/h3-12H,1-2H3. The molecule has 0 N–H and O–H groups in total. The van der Waals surface area contributed by atoms with E-state index in [4.69, 9.17) is 4.74 Å². The molecule has 0 aromatic heterocycles. The zero-order chi connectivity index (χ0) is 12.1. The van der Waals surface area contributed by atoms with Crippen molar-refractivity contribution < 1.29 is 4.74 Å². The van der Waals surface area contributed by atoms with Gasteiger partial charge < -0.3 is 4.74 Å². The van der Waals surface area contributed by atoms with Crippen LogP contribution in [0.5, 0.6) is 5.75 Å². The minimum atomic E-state index is 0.0799. The molecule has 0 radical (unpaired) electrons. The van der Waals surface area contributed by atoms with E-state index >= 15 is 0 Å². The van der Waals surface area contributed by atoms with Gasteiger partial charge in [-0.2, -0.15) is 0 Å². The van der Waals surface area contributed by atoms with Crippen molar-refractivity contribution in [3.63, 3.8) is 0 Å².